The summed E-state index contributed by atoms with van der Waals surface area (Å²) in [6.07, 6.45) is 3.43. The number of thiol groups is 1. The fourth-order valence-corrected chi connectivity index (χ4v) is 2.28. The lowest BCUT2D eigenvalue weighted by atomic mass is 10.0. The Labute approximate surface area is 113 Å². The van der Waals surface area contributed by atoms with Crippen molar-refractivity contribution in [2.24, 2.45) is 0 Å². The molecule has 1 unspecified atom stereocenters. The van der Waals surface area contributed by atoms with Crippen LogP contribution in [0.1, 0.15) is 17.2 Å². The molecule has 0 aliphatic heterocycles. The van der Waals surface area contributed by atoms with E-state index < -0.39 is 0 Å². The lowest BCUT2D eigenvalue weighted by molar-refractivity contribution is 0.619. The molecule has 0 saturated carbocycles. The molecule has 0 fully saturated rings. The van der Waals surface area contributed by atoms with Gasteiger partial charge < -0.3 is 0 Å². The summed E-state index contributed by atoms with van der Waals surface area (Å²) in [7, 11) is 0. The first-order valence-corrected chi connectivity index (χ1v) is 6.21. The van der Waals surface area contributed by atoms with Gasteiger partial charge in [0.1, 0.15) is 5.82 Å². The minimum absolute atomic E-state index is 0.0989. The molecule has 0 saturated heterocycles. The van der Waals surface area contributed by atoms with Crippen molar-refractivity contribution in [2.45, 2.75) is 6.04 Å². The van der Waals surface area contributed by atoms with Crippen LogP contribution >= 0.6 is 28.7 Å². The van der Waals surface area contributed by atoms with Gasteiger partial charge in [0.2, 0.25) is 0 Å². The van der Waals surface area contributed by atoms with E-state index in [1.807, 2.05) is 12.1 Å². The van der Waals surface area contributed by atoms with Gasteiger partial charge >= 0.3 is 0 Å². The first-order valence-electron chi connectivity index (χ1n) is 4.97. The van der Waals surface area contributed by atoms with Crippen LogP contribution in [0.25, 0.3) is 0 Å². The minimum atomic E-state index is -0.276. The summed E-state index contributed by atoms with van der Waals surface area (Å²) in [5, 5.41) is 0. The number of halogens is 2. The van der Waals surface area contributed by atoms with Crippen LogP contribution in [-0.4, -0.2) is 4.98 Å². The molecule has 1 heterocycles. The number of hydrogen-bond acceptors (Lipinski definition) is 3. The molecule has 1 atom stereocenters. The molecule has 88 valence electrons. The third kappa shape index (κ3) is 2.86. The second-order valence-corrected chi connectivity index (χ2v) is 4.63. The first kappa shape index (κ1) is 12.5. The van der Waals surface area contributed by atoms with Crippen molar-refractivity contribution >= 4 is 28.7 Å². The molecule has 1 aromatic heterocycles. The van der Waals surface area contributed by atoms with Gasteiger partial charge in [0.15, 0.2) is 0 Å². The summed E-state index contributed by atoms with van der Waals surface area (Å²) in [5.41, 5.74) is 1.95. The van der Waals surface area contributed by atoms with E-state index in [4.69, 9.17) is 0 Å². The highest BCUT2D eigenvalue weighted by Crippen LogP contribution is 2.26. The average molecular weight is 313 g/mol. The highest BCUT2D eigenvalue weighted by molar-refractivity contribution is 9.10. The van der Waals surface area contributed by atoms with Gasteiger partial charge in [0.25, 0.3) is 0 Å². The Morgan fingerprint density at radius 1 is 1.18 bits per heavy atom. The van der Waals surface area contributed by atoms with Crippen molar-refractivity contribution < 1.29 is 4.39 Å². The van der Waals surface area contributed by atoms with Gasteiger partial charge in [-0.15, -0.1) is 0 Å². The van der Waals surface area contributed by atoms with Gasteiger partial charge in [-0.25, -0.2) is 4.39 Å². The van der Waals surface area contributed by atoms with Crippen LogP contribution in [-0.2, 0) is 0 Å². The average Bonchev–Trinajstić information content (AvgIpc) is 2.36. The van der Waals surface area contributed by atoms with Crippen LogP contribution in [0.5, 0.6) is 0 Å². The number of aromatic nitrogens is 1. The van der Waals surface area contributed by atoms with Gasteiger partial charge in [0.05, 0.1) is 10.5 Å². The molecule has 2 nitrogen and oxygen atoms in total. The maximum Gasteiger partial charge on any atom is 0.137 e. The summed E-state index contributed by atoms with van der Waals surface area (Å²) in [4.78, 5) is 3.97. The molecule has 0 radical (unpaired) electrons. The van der Waals surface area contributed by atoms with E-state index in [0.717, 1.165) is 11.1 Å². The second kappa shape index (κ2) is 5.62. The smallest absolute Gasteiger partial charge is 0.137 e. The Morgan fingerprint density at radius 3 is 2.47 bits per heavy atom. The van der Waals surface area contributed by atoms with Gasteiger partial charge in [0, 0.05) is 12.4 Å². The Morgan fingerprint density at radius 2 is 1.88 bits per heavy atom. The van der Waals surface area contributed by atoms with Crippen molar-refractivity contribution in [2.75, 3.05) is 0 Å². The fourth-order valence-electron chi connectivity index (χ4n) is 1.59. The number of nitrogens with zero attached hydrogens (tertiary/aromatic N) is 1. The number of nitrogens with one attached hydrogen (secondary N) is 1. The van der Waals surface area contributed by atoms with Crippen molar-refractivity contribution in [1.82, 2.24) is 9.71 Å². The third-order valence-corrected chi connectivity index (χ3v) is 3.31. The van der Waals surface area contributed by atoms with Gasteiger partial charge in [-0.05, 0) is 51.3 Å². The van der Waals surface area contributed by atoms with Gasteiger partial charge in [-0.3, -0.25) is 9.71 Å². The SMILES string of the molecule is Fc1ccc(C(NS)c2ccncc2)cc1Br. The van der Waals surface area contributed by atoms with Crippen molar-refractivity contribution in [1.29, 1.82) is 0 Å². The summed E-state index contributed by atoms with van der Waals surface area (Å²) in [6, 6.07) is 8.59. The summed E-state index contributed by atoms with van der Waals surface area (Å²) in [6.45, 7) is 0. The molecular weight excluding hydrogens is 303 g/mol. The molecule has 5 heteroatoms. The Hall–Kier alpha value is -0.910. The van der Waals surface area contributed by atoms with Crippen LogP contribution in [0.3, 0.4) is 0 Å². The van der Waals surface area contributed by atoms with Crippen molar-refractivity contribution in [3.63, 3.8) is 0 Å². The van der Waals surface area contributed by atoms with Crippen LogP contribution in [0.4, 0.5) is 4.39 Å². The molecule has 17 heavy (non-hydrogen) atoms. The predicted molar refractivity (Wildman–Crippen MR) is 72.3 cm³/mol. The molecule has 0 amide bonds. The van der Waals surface area contributed by atoms with Crippen molar-refractivity contribution in [3.8, 4) is 0 Å². The predicted octanol–water partition coefficient (Wildman–Crippen LogP) is 3.51. The van der Waals surface area contributed by atoms with E-state index in [1.165, 1.54) is 6.07 Å². The number of rotatable bonds is 3. The van der Waals surface area contributed by atoms with E-state index in [-0.39, 0.29) is 11.9 Å². The highest BCUT2D eigenvalue weighted by atomic mass is 79.9. The molecule has 2 aromatic rings. The zero-order chi connectivity index (χ0) is 12.3. The Bertz CT molecular complexity index is 507. The van der Waals surface area contributed by atoms with Crippen molar-refractivity contribution in [3.05, 3.63) is 64.1 Å². The van der Waals surface area contributed by atoms with E-state index >= 15 is 0 Å². The summed E-state index contributed by atoms with van der Waals surface area (Å²) >= 11 is 7.30. The van der Waals surface area contributed by atoms with Gasteiger partial charge in [-0.2, -0.15) is 0 Å². The molecule has 2 rings (SSSR count). The Kier molecular flexibility index (Phi) is 4.15. The van der Waals surface area contributed by atoms with E-state index in [0.29, 0.717) is 4.47 Å². The molecule has 0 aliphatic rings. The van der Waals surface area contributed by atoms with E-state index in [9.17, 15) is 4.39 Å². The topological polar surface area (TPSA) is 24.9 Å². The van der Waals surface area contributed by atoms with E-state index in [1.54, 1.807) is 24.5 Å². The zero-order valence-electron chi connectivity index (χ0n) is 8.77. The maximum absolute atomic E-state index is 13.2. The number of benzene rings is 1. The molecule has 0 spiro atoms. The largest absolute Gasteiger partial charge is 0.265 e. The quantitative estimate of drug-likeness (QED) is 0.848. The molecule has 0 bridgehead atoms. The molecule has 1 N–H and O–H groups in total. The Balaban J connectivity index is 2.39. The molecule has 0 aliphatic carbocycles. The highest BCUT2D eigenvalue weighted by Gasteiger charge is 2.13. The molecule has 1 aromatic carbocycles. The van der Waals surface area contributed by atoms with Gasteiger partial charge in [-0.1, -0.05) is 18.9 Å². The lowest BCUT2D eigenvalue weighted by Gasteiger charge is -2.16. The minimum Gasteiger partial charge on any atom is -0.265 e. The first-order chi connectivity index (χ1) is 8.22. The maximum atomic E-state index is 13.2. The second-order valence-electron chi connectivity index (χ2n) is 3.52. The summed E-state index contributed by atoms with van der Waals surface area (Å²) < 4.78 is 16.5. The monoisotopic (exact) mass is 312 g/mol. The van der Waals surface area contributed by atoms with Crippen LogP contribution in [0, 0.1) is 5.82 Å². The third-order valence-electron chi connectivity index (χ3n) is 2.45. The zero-order valence-corrected chi connectivity index (χ0v) is 11.2. The lowest BCUT2D eigenvalue weighted by Crippen LogP contribution is -2.13. The van der Waals surface area contributed by atoms with Crippen LogP contribution < -0.4 is 4.72 Å². The molecular formula is C12H10BrFN2S. The number of hydrogen-bond donors (Lipinski definition) is 2. The van der Waals surface area contributed by atoms with E-state index in [2.05, 4.69) is 38.5 Å². The standard InChI is InChI=1S/C12H10BrFN2S/c13-10-7-9(1-2-11(10)14)12(16-17)8-3-5-15-6-4-8/h1-7,12,16-17H. The number of pyridine rings is 1. The summed E-state index contributed by atoms with van der Waals surface area (Å²) in [5.74, 6) is -0.276. The fraction of sp³-hybridized carbons (Fsp3) is 0.0833. The van der Waals surface area contributed by atoms with Crippen LogP contribution in [0.2, 0.25) is 0 Å². The van der Waals surface area contributed by atoms with Crippen LogP contribution in [0.15, 0.2) is 47.2 Å². The normalized spacial score (nSPS) is 12.4.